The van der Waals surface area contributed by atoms with Gasteiger partial charge in [0, 0.05) is 0 Å². The molecular formula is C16H26O7. The Kier molecular flexibility index (Phi) is 8.04. The molecule has 5 atom stereocenters. The highest BCUT2D eigenvalue weighted by Crippen LogP contribution is 2.22. The van der Waals surface area contributed by atoms with Gasteiger partial charge in [0.2, 0.25) is 0 Å². The van der Waals surface area contributed by atoms with E-state index in [2.05, 4.69) is 0 Å². The number of hydrogen-bond donors (Lipinski definition) is 4. The van der Waals surface area contributed by atoms with Crippen LogP contribution in [0, 0.1) is 0 Å². The van der Waals surface area contributed by atoms with Crippen molar-refractivity contribution in [3.05, 3.63) is 23.3 Å². The normalized spacial score (nSPS) is 31.8. The minimum Gasteiger partial charge on any atom is -0.394 e. The summed E-state index contributed by atoms with van der Waals surface area (Å²) in [5.74, 6) is -0.102. The van der Waals surface area contributed by atoms with Crippen molar-refractivity contribution in [3.8, 4) is 0 Å². The highest BCUT2D eigenvalue weighted by Gasteiger charge is 2.43. The second-order valence-corrected chi connectivity index (χ2v) is 5.93. The van der Waals surface area contributed by atoms with E-state index >= 15 is 0 Å². The second kappa shape index (κ2) is 9.27. The minimum atomic E-state index is -1.46. The first kappa shape index (κ1) is 20.0. The maximum absolute atomic E-state index is 11.6. The molecule has 0 spiro atoms. The summed E-state index contributed by atoms with van der Waals surface area (Å²) >= 11 is 0. The van der Waals surface area contributed by atoms with Crippen LogP contribution in [0.1, 0.15) is 27.2 Å². The van der Waals surface area contributed by atoms with Crippen LogP contribution in [0.4, 0.5) is 0 Å². The third kappa shape index (κ3) is 6.14. The molecule has 0 aliphatic carbocycles. The van der Waals surface area contributed by atoms with Gasteiger partial charge in [0.05, 0.1) is 13.2 Å². The van der Waals surface area contributed by atoms with E-state index in [0.717, 1.165) is 11.1 Å². The zero-order valence-electron chi connectivity index (χ0n) is 13.7. The van der Waals surface area contributed by atoms with E-state index in [-0.39, 0.29) is 12.4 Å². The Bertz CT molecular complexity index is 451. The van der Waals surface area contributed by atoms with Crippen molar-refractivity contribution in [2.45, 2.75) is 57.9 Å². The molecule has 0 aromatic rings. The van der Waals surface area contributed by atoms with Crippen LogP contribution in [0.5, 0.6) is 0 Å². The number of rotatable bonds is 7. The first-order chi connectivity index (χ1) is 10.8. The maximum Gasteiger partial charge on any atom is 0.186 e. The summed E-state index contributed by atoms with van der Waals surface area (Å²) in [6.45, 7) is 5.12. The van der Waals surface area contributed by atoms with Gasteiger partial charge >= 0.3 is 0 Å². The van der Waals surface area contributed by atoms with E-state index in [1.807, 2.05) is 13.8 Å². The third-order valence-corrected chi connectivity index (χ3v) is 3.45. The zero-order valence-corrected chi connectivity index (χ0v) is 13.7. The Morgan fingerprint density at radius 2 is 1.74 bits per heavy atom. The van der Waals surface area contributed by atoms with Gasteiger partial charge in [-0.25, -0.2) is 0 Å². The van der Waals surface area contributed by atoms with Crippen LogP contribution in [0.25, 0.3) is 0 Å². The Morgan fingerprint density at radius 1 is 1.09 bits per heavy atom. The minimum absolute atomic E-state index is 0.102. The van der Waals surface area contributed by atoms with Gasteiger partial charge in [0.15, 0.2) is 12.1 Å². The van der Waals surface area contributed by atoms with Crippen molar-refractivity contribution in [1.29, 1.82) is 0 Å². The summed E-state index contributed by atoms with van der Waals surface area (Å²) in [5.41, 5.74) is 1.72. The molecule has 0 bridgehead atoms. The smallest absolute Gasteiger partial charge is 0.186 e. The molecule has 0 aromatic heterocycles. The quantitative estimate of drug-likeness (QED) is 0.472. The SMILES string of the molecule is CC(C)=CC(=O)C=C(C)CCOC1OC(CO)C(O)C(O)C1O. The van der Waals surface area contributed by atoms with Gasteiger partial charge in [-0.3, -0.25) is 4.79 Å². The van der Waals surface area contributed by atoms with Gasteiger partial charge in [0.1, 0.15) is 24.4 Å². The van der Waals surface area contributed by atoms with Crippen LogP contribution in [0.15, 0.2) is 23.3 Å². The van der Waals surface area contributed by atoms with Crippen LogP contribution in [0.2, 0.25) is 0 Å². The molecule has 4 N–H and O–H groups in total. The van der Waals surface area contributed by atoms with Gasteiger partial charge in [-0.05, 0) is 39.3 Å². The fourth-order valence-electron chi connectivity index (χ4n) is 2.18. The summed E-state index contributed by atoms with van der Waals surface area (Å²) < 4.78 is 10.6. The number of allylic oxidation sites excluding steroid dienone is 3. The number of ether oxygens (including phenoxy) is 2. The predicted molar refractivity (Wildman–Crippen MR) is 82.5 cm³/mol. The van der Waals surface area contributed by atoms with E-state index in [4.69, 9.17) is 14.6 Å². The fraction of sp³-hybridized carbons (Fsp3) is 0.688. The molecule has 1 aliphatic rings. The lowest BCUT2D eigenvalue weighted by Gasteiger charge is -2.39. The van der Waals surface area contributed by atoms with Crippen molar-refractivity contribution in [3.63, 3.8) is 0 Å². The molecule has 1 saturated heterocycles. The number of aliphatic hydroxyl groups excluding tert-OH is 4. The average Bonchev–Trinajstić information content (AvgIpc) is 2.46. The van der Waals surface area contributed by atoms with Crippen molar-refractivity contribution < 1.29 is 34.7 Å². The summed E-state index contributed by atoms with van der Waals surface area (Å²) in [6.07, 6.45) is -2.94. The van der Waals surface area contributed by atoms with Gasteiger partial charge in [-0.1, -0.05) is 11.1 Å². The molecule has 0 aromatic carbocycles. The topological polar surface area (TPSA) is 116 Å². The van der Waals surface area contributed by atoms with Crippen molar-refractivity contribution in [2.24, 2.45) is 0 Å². The number of aliphatic hydroxyl groups is 4. The highest BCUT2D eigenvalue weighted by atomic mass is 16.7. The predicted octanol–water partition coefficient (Wildman–Crippen LogP) is -0.325. The van der Waals surface area contributed by atoms with Crippen molar-refractivity contribution in [2.75, 3.05) is 13.2 Å². The molecule has 0 amide bonds. The molecule has 1 rings (SSSR count). The van der Waals surface area contributed by atoms with Crippen LogP contribution < -0.4 is 0 Å². The molecule has 7 heteroatoms. The van der Waals surface area contributed by atoms with Gasteiger partial charge in [-0.15, -0.1) is 0 Å². The van der Waals surface area contributed by atoms with E-state index in [0.29, 0.717) is 6.42 Å². The van der Waals surface area contributed by atoms with E-state index in [9.17, 15) is 20.1 Å². The van der Waals surface area contributed by atoms with Crippen LogP contribution in [-0.2, 0) is 14.3 Å². The maximum atomic E-state index is 11.6. The summed E-state index contributed by atoms with van der Waals surface area (Å²) in [6, 6.07) is 0. The first-order valence-corrected chi connectivity index (χ1v) is 7.54. The molecular weight excluding hydrogens is 304 g/mol. The monoisotopic (exact) mass is 330 g/mol. The van der Waals surface area contributed by atoms with Crippen molar-refractivity contribution >= 4 is 5.78 Å². The van der Waals surface area contributed by atoms with Gasteiger partial charge in [0.25, 0.3) is 0 Å². The molecule has 1 heterocycles. The third-order valence-electron chi connectivity index (χ3n) is 3.45. The molecule has 7 nitrogen and oxygen atoms in total. The second-order valence-electron chi connectivity index (χ2n) is 5.93. The number of carbonyl (C=O) groups is 1. The lowest BCUT2D eigenvalue weighted by Crippen LogP contribution is -2.59. The molecule has 23 heavy (non-hydrogen) atoms. The summed E-state index contributed by atoms with van der Waals surface area (Å²) in [4.78, 5) is 11.6. The number of hydrogen-bond acceptors (Lipinski definition) is 7. The van der Waals surface area contributed by atoms with Crippen molar-refractivity contribution in [1.82, 2.24) is 0 Å². The molecule has 0 saturated carbocycles. The Balaban J connectivity index is 2.50. The summed E-state index contributed by atoms with van der Waals surface area (Å²) in [5, 5.41) is 38.2. The Morgan fingerprint density at radius 3 is 2.30 bits per heavy atom. The van der Waals surface area contributed by atoms with Gasteiger partial charge < -0.3 is 29.9 Å². The molecule has 0 radical (unpaired) electrons. The highest BCUT2D eigenvalue weighted by molar-refractivity contribution is 5.99. The lowest BCUT2D eigenvalue weighted by molar-refractivity contribution is -0.300. The largest absolute Gasteiger partial charge is 0.394 e. The zero-order chi connectivity index (χ0) is 17.6. The lowest BCUT2D eigenvalue weighted by atomic mass is 9.99. The van der Waals surface area contributed by atoms with Crippen LogP contribution in [-0.4, -0.2) is 70.1 Å². The van der Waals surface area contributed by atoms with Gasteiger partial charge in [-0.2, -0.15) is 0 Å². The van der Waals surface area contributed by atoms with E-state index in [1.54, 1.807) is 6.92 Å². The van der Waals surface area contributed by atoms with Crippen LogP contribution >= 0.6 is 0 Å². The number of ketones is 1. The molecule has 1 aliphatic heterocycles. The average molecular weight is 330 g/mol. The Labute approximate surface area is 135 Å². The fourth-order valence-corrected chi connectivity index (χ4v) is 2.18. The number of carbonyl (C=O) groups excluding carboxylic acids is 1. The molecule has 5 unspecified atom stereocenters. The Hall–Kier alpha value is -1.09. The first-order valence-electron chi connectivity index (χ1n) is 7.54. The van der Waals surface area contributed by atoms with E-state index in [1.165, 1.54) is 12.2 Å². The molecule has 132 valence electrons. The summed E-state index contributed by atoms with van der Waals surface area (Å²) in [7, 11) is 0. The van der Waals surface area contributed by atoms with E-state index < -0.39 is 37.3 Å². The van der Waals surface area contributed by atoms with Crippen LogP contribution in [0.3, 0.4) is 0 Å². The molecule has 1 fully saturated rings. The standard InChI is InChI=1S/C16H26O7/c1-9(2)6-11(18)7-10(3)4-5-22-16-15(21)14(20)13(19)12(8-17)23-16/h6-7,12-17,19-21H,4-5,8H2,1-3H3.